The van der Waals surface area contributed by atoms with Crippen LogP contribution in [0.2, 0.25) is 0 Å². The van der Waals surface area contributed by atoms with Crippen LogP contribution in [0, 0.1) is 18.6 Å². The Morgan fingerprint density at radius 1 is 1.00 bits per heavy atom. The highest BCUT2D eigenvalue weighted by molar-refractivity contribution is 5.96. The van der Waals surface area contributed by atoms with Gasteiger partial charge in [0.25, 0.3) is 0 Å². The average molecular weight is 384 g/mol. The molecule has 0 fully saturated rings. The van der Waals surface area contributed by atoms with E-state index in [1.165, 1.54) is 6.07 Å². The Balaban J connectivity index is 1.87. The molecule has 1 heterocycles. The van der Waals surface area contributed by atoms with E-state index in [9.17, 15) is 13.6 Å². The van der Waals surface area contributed by atoms with Crippen LogP contribution in [0.1, 0.15) is 23.1 Å². The average Bonchev–Trinajstić information content (AvgIpc) is 2.64. The lowest BCUT2D eigenvalue weighted by molar-refractivity contribution is 0.0527. The van der Waals surface area contributed by atoms with Gasteiger partial charge in [0.1, 0.15) is 29.1 Å². The summed E-state index contributed by atoms with van der Waals surface area (Å²) in [5.74, 6) is -0.728. The van der Waals surface area contributed by atoms with E-state index in [4.69, 9.17) is 4.74 Å². The normalized spacial score (nSPS) is 10.4. The molecule has 8 heteroatoms. The number of aromatic nitrogens is 2. The van der Waals surface area contributed by atoms with Crippen LogP contribution in [0.25, 0.3) is 0 Å². The summed E-state index contributed by atoms with van der Waals surface area (Å²) < 4.78 is 32.0. The second-order valence-electron chi connectivity index (χ2n) is 5.83. The van der Waals surface area contributed by atoms with Crippen molar-refractivity contribution < 1.29 is 18.3 Å². The number of esters is 1. The Morgan fingerprint density at radius 2 is 1.68 bits per heavy atom. The fourth-order valence-corrected chi connectivity index (χ4v) is 2.54. The minimum atomic E-state index is -0.738. The number of anilines is 4. The number of ether oxygens (including phenoxy) is 1. The molecule has 0 spiro atoms. The number of carbonyl (C=O) groups excluding carboxylic acids is 1. The van der Waals surface area contributed by atoms with Crippen molar-refractivity contribution in [3.05, 3.63) is 71.6 Å². The zero-order chi connectivity index (χ0) is 20.1. The molecule has 0 saturated carbocycles. The summed E-state index contributed by atoms with van der Waals surface area (Å²) in [6.07, 6.45) is 0. The number of rotatable bonds is 6. The quantitative estimate of drug-likeness (QED) is 0.599. The first-order valence-electron chi connectivity index (χ1n) is 8.57. The fourth-order valence-electron chi connectivity index (χ4n) is 2.54. The second-order valence-corrected chi connectivity index (χ2v) is 5.83. The highest BCUT2D eigenvalue weighted by Crippen LogP contribution is 2.24. The van der Waals surface area contributed by atoms with Gasteiger partial charge in [-0.3, -0.25) is 0 Å². The minimum Gasteiger partial charge on any atom is -0.462 e. The van der Waals surface area contributed by atoms with Gasteiger partial charge in [0.15, 0.2) is 0 Å². The summed E-state index contributed by atoms with van der Waals surface area (Å²) in [5.41, 5.74) is 0.954. The van der Waals surface area contributed by atoms with Crippen molar-refractivity contribution in [2.24, 2.45) is 0 Å². The molecule has 0 aliphatic carbocycles. The molecule has 0 unspecified atom stereocenters. The topological polar surface area (TPSA) is 76.1 Å². The van der Waals surface area contributed by atoms with Crippen LogP contribution >= 0.6 is 0 Å². The van der Waals surface area contributed by atoms with E-state index in [1.807, 2.05) is 0 Å². The van der Waals surface area contributed by atoms with E-state index >= 15 is 0 Å². The number of halogens is 2. The van der Waals surface area contributed by atoms with Crippen molar-refractivity contribution >= 4 is 29.0 Å². The monoisotopic (exact) mass is 384 g/mol. The molecule has 0 aliphatic heterocycles. The number of aryl methyl sites for hydroxylation is 1. The third-order valence-corrected chi connectivity index (χ3v) is 3.72. The number of hydrogen-bond donors (Lipinski definition) is 2. The van der Waals surface area contributed by atoms with Crippen molar-refractivity contribution in [1.82, 2.24) is 9.97 Å². The van der Waals surface area contributed by atoms with E-state index in [1.54, 1.807) is 44.2 Å². The third-order valence-electron chi connectivity index (χ3n) is 3.72. The number of benzene rings is 2. The van der Waals surface area contributed by atoms with Crippen LogP contribution in [-0.4, -0.2) is 22.5 Å². The van der Waals surface area contributed by atoms with E-state index in [0.29, 0.717) is 28.7 Å². The smallest absolute Gasteiger partial charge is 0.340 e. The molecule has 3 aromatic rings. The molecule has 0 atom stereocenters. The van der Waals surface area contributed by atoms with E-state index in [2.05, 4.69) is 20.6 Å². The first-order valence-corrected chi connectivity index (χ1v) is 8.57. The van der Waals surface area contributed by atoms with Gasteiger partial charge in [-0.15, -0.1) is 0 Å². The first-order chi connectivity index (χ1) is 13.5. The lowest BCUT2D eigenvalue weighted by atomic mass is 10.2. The summed E-state index contributed by atoms with van der Waals surface area (Å²) in [4.78, 5) is 20.6. The number of para-hydroxylation sites is 1. The zero-order valence-electron chi connectivity index (χ0n) is 15.3. The molecule has 0 aliphatic rings. The van der Waals surface area contributed by atoms with Gasteiger partial charge in [0.2, 0.25) is 0 Å². The maximum absolute atomic E-state index is 13.9. The Morgan fingerprint density at radius 3 is 2.36 bits per heavy atom. The summed E-state index contributed by atoms with van der Waals surface area (Å²) in [7, 11) is 0. The molecule has 0 bridgehead atoms. The van der Waals surface area contributed by atoms with Gasteiger partial charge in [-0.25, -0.2) is 23.5 Å². The highest BCUT2D eigenvalue weighted by Gasteiger charge is 2.13. The minimum absolute atomic E-state index is 0.0809. The zero-order valence-corrected chi connectivity index (χ0v) is 15.3. The van der Waals surface area contributed by atoms with Crippen molar-refractivity contribution in [3.63, 3.8) is 0 Å². The fraction of sp³-hybridized carbons (Fsp3) is 0.150. The molecule has 2 N–H and O–H groups in total. The van der Waals surface area contributed by atoms with Crippen LogP contribution < -0.4 is 10.6 Å². The van der Waals surface area contributed by atoms with E-state index < -0.39 is 17.6 Å². The molecule has 3 rings (SSSR count). The van der Waals surface area contributed by atoms with Gasteiger partial charge in [-0.1, -0.05) is 12.1 Å². The SMILES string of the molecule is CCOC(=O)c1ccccc1Nc1cc(Nc2ccc(F)cc2F)nc(C)n1. The van der Waals surface area contributed by atoms with Crippen LogP contribution in [0.3, 0.4) is 0 Å². The van der Waals surface area contributed by atoms with Gasteiger partial charge in [-0.05, 0) is 38.1 Å². The van der Waals surface area contributed by atoms with Gasteiger partial charge in [0, 0.05) is 12.1 Å². The Labute approximate surface area is 160 Å². The largest absolute Gasteiger partial charge is 0.462 e. The van der Waals surface area contributed by atoms with Gasteiger partial charge < -0.3 is 15.4 Å². The summed E-state index contributed by atoms with van der Waals surface area (Å²) in [6, 6.07) is 11.6. The van der Waals surface area contributed by atoms with Gasteiger partial charge in [-0.2, -0.15) is 0 Å². The Kier molecular flexibility index (Phi) is 5.78. The second kappa shape index (κ2) is 8.43. The molecule has 28 heavy (non-hydrogen) atoms. The van der Waals surface area contributed by atoms with Crippen molar-refractivity contribution in [2.45, 2.75) is 13.8 Å². The lowest BCUT2D eigenvalue weighted by Crippen LogP contribution is -2.09. The van der Waals surface area contributed by atoms with Crippen molar-refractivity contribution in [3.8, 4) is 0 Å². The van der Waals surface area contributed by atoms with Crippen LogP contribution in [0.5, 0.6) is 0 Å². The number of hydrogen-bond acceptors (Lipinski definition) is 6. The molecule has 1 aromatic heterocycles. The predicted octanol–water partition coefficient (Wildman–Crippen LogP) is 4.73. The molecule has 2 aromatic carbocycles. The lowest BCUT2D eigenvalue weighted by Gasteiger charge is -2.13. The maximum Gasteiger partial charge on any atom is 0.340 e. The molecule has 144 valence electrons. The highest BCUT2D eigenvalue weighted by atomic mass is 19.1. The summed E-state index contributed by atoms with van der Waals surface area (Å²) in [5, 5.41) is 5.86. The Hall–Kier alpha value is -3.55. The first kappa shape index (κ1) is 19.2. The molecule has 0 radical (unpaired) electrons. The number of nitrogens with zero attached hydrogens (tertiary/aromatic N) is 2. The summed E-state index contributed by atoms with van der Waals surface area (Å²) in [6.45, 7) is 3.67. The van der Waals surface area contributed by atoms with Crippen LogP contribution in [0.15, 0.2) is 48.5 Å². The standard InChI is InChI=1S/C20H18F2N4O2/c1-3-28-20(27)14-6-4-5-7-16(14)25-18-11-19(24-12(2)23-18)26-17-9-8-13(21)10-15(17)22/h4-11H,3H2,1-2H3,(H2,23,24,25,26). The third kappa shape index (κ3) is 4.59. The Bertz CT molecular complexity index is 1010. The van der Waals surface area contributed by atoms with Gasteiger partial charge in [0.05, 0.1) is 23.5 Å². The number of nitrogens with one attached hydrogen (secondary N) is 2. The van der Waals surface area contributed by atoms with Gasteiger partial charge >= 0.3 is 5.97 Å². The van der Waals surface area contributed by atoms with Crippen LogP contribution in [-0.2, 0) is 4.74 Å². The molecule has 6 nitrogen and oxygen atoms in total. The van der Waals surface area contributed by atoms with Crippen LogP contribution in [0.4, 0.5) is 31.8 Å². The molecular weight excluding hydrogens is 366 g/mol. The molecule has 0 amide bonds. The summed E-state index contributed by atoms with van der Waals surface area (Å²) >= 11 is 0. The van der Waals surface area contributed by atoms with E-state index in [0.717, 1.165) is 12.1 Å². The van der Waals surface area contributed by atoms with Crippen molar-refractivity contribution in [2.75, 3.05) is 17.2 Å². The molecular formula is C20H18F2N4O2. The van der Waals surface area contributed by atoms with E-state index in [-0.39, 0.29) is 12.3 Å². The maximum atomic E-state index is 13.9. The number of carbonyl (C=O) groups is 1. The molecule has 0 saturated heterocycles. The predicted molar refractivity (Wildman–Crippen MR) is 102 cm³/mol. The van der Waals surface area contributed by atoms with Crippen molar-refractivity contribution in [1.29, 1.82) is 0 Å².